The summed E-state index contributed by atoms with van der Waals surface area (Å²) in [6.45, 7) is 2.29. The molecular formula is C20H40. The van der Waals surface area contributed by atoms with E-state index in [4.69, 9.17) is 0 Å². The molecule has 0 N–H and O–H groups in total. The van der Waals surface area contributed by atoms with Gasteiger partial charge < -0.3 is 0 Å². The number of rotatable bonds is 7. The minimum absolute atomic E-state index is 1.11. The third kappa shape index (κ3) is 10.7. The van der Waals surface area contributed by atoms with Crippen LogP contribution < -0.4 is 0 Å². The molecule has 0 aromatic heterocycles. The molecule has 0 aromatic carbocycles. The summed E-state index contributed by atoms with van der Waals surface area (Å²) < 4.78 is 0. The van der Waals surface area contributed by atoms with Crippen LogP contribution in [0.25, 0.3) is 0 Å². The van der Waals surface area contributed by atoms with E-state index in [0.29, 0.717) is 0 Å². The van der Waals surface area contributed by atoms with E-state index in [0.717, 1.165) is 5.92 Å². The highest BCUT2D eigenvalue weighted by atomic mass is 14.2. The molecule has 0 amide bonds. The summed E-state index contributed by atoms with van der Waals surface area (Å²) in [6, 6.07) is 0. The van der Waals surface area contributed by atoms with E-state index in [-0.39, 0.29) is 0 Å². The zero-order chi connectivity index (χ0) is 14.3. The average molecular weight is 281 g/mol. The Bertz CT molecular complexity index is 163. The van der Waals surface area contributed by atoms with Gasteiger partial charge in [-0.1, -0.05) is 122 Å². The normalized spacial score (nSPS) is 20.2. The van der Waals surface area contributed by atoms with Gasteiger partial charge in [-0.15, -0.1) is 0 Å². The summed E-state index contributed by atoms with van der Waals surface area (Å²) >= 11 is 0. The van der Waals surface area contributed by atoms with E-state index < -0.39 is 0 Å². The number of hydrogen-bond acceptors (Lipinski definition) is 0. The van der Waals surface area contributed by atoms with E-state index >= 15 is 0 Å². The summed E-state index contributed by atoms with van der Waals surface area (Å²) in [7, 11) is 0. The molecule has 2 rings (SSSR count). The molecule has 20 heavy (non-hydrogen) atoms. The molecular weight excluding hydrogens is 240 g/mol. The fraction of sp³-hybridized carbons (Fsp3) is 1.00. The second kappa shape index (κ2) is 14.0. The van der Waals surface area contributed by atoms with Gasteiger partial charge >= 0.3 is 0 Å². The van der Waals surface area contributed by atoms with E-state index in [1.165, 1.54) is 116 Å². The third-order valence-corrected chi connectivity index (χ3v) is 5.19. The van der Waals surface area contributed by atoms with Gasteiger partial charge in [-0.25, -0.2) is 0 Å². The zero-order valence-electron chi connectivity index (χ0n) is 14.3. The molecule has 0 atom stereocenters. The Morgan fingerprint density at radius 3 is 1.55 bits per heavy atom. The van der Waals surface area contributed by atoms with Gasteiger partial charge in [-0.2, -0.15) is 0 Å². The summed E-state index contributed by atoms with van der Waals surface area (Å²) in [5.41, 5.74) is 0. The molecule has 2 aliphatic rings. The molecule has 0 spiro atoms. The lowest BCUT2D eigenvalue weighted by atomic mass is 9.85. The largest absolute Gasteiger partial charge is 0.0654 e. The van der Waals surface area contributed by atoms with Crippen LogP contribution in [0.1, 0.15) is 122 Å². The molecule has 0 aliphatic heterocycles. The quantitative estimate of drug-likeness (QED) is 0.420. The molecule has 0 heteroatoms. The summed E-state index contributed by atoms with van der Waals surface area (Å²) in [4.78, 5) is 0. The number of hydrogen-bond donors (Lipinski definition) is 0. The molecule has 0 heterocycles. The predicted octanol–water partition coefficient (Wildman–Crippen LogP) is 7.66. The molecule has 0 unspecified atom stereocenters. The van der Waals surface area contributed by atoms with Crippen LogP contribution >= 0.6 is 0 Å². The van der Waals surface area contributed by atoms with Crippen molar-refractivity contribution in [2.24, 2.45) is 5.92 Å². The highest BCUT2D eigenvalue weighted by Gasteiger charge is 2.12. The van der Waals surface area contributed by atoms with Crippen LogP contribution in [0.15, 0.2) is 0 Å². The van der Waals surface area contributed by atoms with Gasteiger partial charge in [0.15, 0.2) is 0 Å². The van der Waals surface area contributed by atoms with Crippen molar-refractivity contribution >= 4 is 0 Å². The fourth-order valence-corrected chi connectivity index (χ4v) is 3.75. The van der Waals surface area contributed by atoms with Gasteiger partial charge in [0, 0.05) is 0 Å². The van der Waals surface area contributed by atoms with E-state index in [9.17, 15) is 0 Å². The standard InChI is InChI=1S/C14H28.C6H12/c1-2-3-4-5-6-8-11-14-12-9-7-10-13-14;1-2-4-6-5-3-1/h14H,2-13H2,1H3;1-6H2. The molecule has 0 radical (unpaired) electrons. The Morgan fingerprint density at radius 2 is 1.00 bits per heavy atom. The molecule has 0 saturated heterocycles. The molecule has 2 fully saturated rings. The smallest absolute Gasteiger partial charge is 0.0414 e. The molecule has 120 valence electrons. The number of unbranched alkanes of at least 4 members (excludes halogenated alkanes) is 5. The van der Waals surface area contributed by atoms with Gasteiger partial charge in [0.1, 0.15) is 0 Å². The van der Waals surface area contributed by atoms with Crippen LogP contribution in [-0.4, -0.2) is 0 Å². The fourth-order valence-electron chi connectivity index (χ4n) is 3.75. The molecule has 0 aromatic rings. The maximum absolute atomic E-state index is 2.29. The molecule has 2 saturated carbocycles. The van der Waals surface area contributed by atoms with Crippen molar-refractivity contribution in [1.82, 2.24) is 0 Å². The summed E-state index contributed by atoms with van der Waals surface area (Å²) in [5, 5.41) is 0. The van der Waals surface area contributed by atoms with E-state index in [1.54, 1.807) is 0 Å². The van der Waals surface area contributed by atoms with Crippen LogP contribution in [0.3, 0.4) is 0 Å². The zero-order valence-corrected chi connectivity index (χ0v) is 14.3. The second-order valence-electron chi connectivity index (χ2n) is 7.18. The van der Waals surface area contributed by atoms with Crippen LogP contribution in [0.4, 0.5) is 0 Å². The Morgan fingerprint density at radius 1 is 0.550 bits per heavy atom. The van der Waals surface area contributed by atoms with Gasteiger partial charge in [-0.3, -0.25) is 0 Å². The van der Waals surface area contributed by atoms with Crippen LogP contribution in [0, 0.1) is 5.92 Å². The van der Waals surface area contributed by atoms with Gasteiger partial charge in [-0.05, 0) is 5.92 Å². The van der Waals surface area contributed by atoms with Crippen molar-refractivity contribution in [1.29, 1.82) is 0 Å². The van der Waals surface area contributed by atoms with Gasteiger partial charge in [0.25, 0.3) is 0 Å². The second-order valence-corrected chi connectivity index (χ2v) is 7.18. The van der Waals surface area contributed by atoms with Crippen molar-refractivity contribution in [2.75, 3.05) is 0 Å². The van der Waals surface area contributed by atoms with Crippen LogP contribution in [0.2, 0.25) is 0 Å². The monoisotopic (exact) mass is 280 g/mol. The topological polar surface area (TPSA) is 0 Å². The van der Waals surface area contributed by atoms with Crippen molar-refractivity contribution in [2.45, 2.75) is 122 Å². The minimum Gasteiger partial charge on any atom is -0.0654 e. The maximum Gasteiger partial charge on any atom is -0.0414 e. The Hall–Kier alpha value is 0. The van der Waals surface area contributed by atoms with Crippen molar-refractivity contribution < 1.29 is 0 Å². The SMILES string of the molecule is C1CCCCC1.CCCCCCCCC1CCCCC1. The van der Waals surface area contributed by atoms with E-state index in [1.807, 2.05) is 0 Å². The van der Waals surface area contributed by atoms with Crippen molar-refractivity contribution in [3.8, 4) is 0 Å². The van der Waals surface area contributed by atoms with Crippen LogP contribution in [0.5, 0.6) is 0 Å². The minimum atomic E-state index is 1.11. The molecule has 0 nitrogen and oxygen atoms in total. The summed E-state index contributed by atoms with van der Waals surface area (Å²) in [5.74, 6) is 1.11. The maximum atomic E-state index is 2.29. The first kappa shape index (κ1) is 18.1. The summed E-state index contributed by atoms with van der Waals surface area (Å²) in [6.07, 6.45) is 26.9. The predicted molar refractivity (Wildman–Crippen MR) is 92.3 cm³/mol. The lowest BCUT2D eigenvalue weighted by Crippen LogP contribution is -2.05. The Kier molecular flexibility index (Phi) is 12.6. The van der Waals surface area contributed by atoms with Crippen molar-refractivity contribution in [3.05, 3.63) is 0 Å². The third-order valence-electron chi connectivity index (χ3n) is 5.19. The van der Waals surface area contributed by atoms with Crippen LogP contribution in [-0.2, 0) is 0 Å². The first-order valence-corrected chi connectivity index (χ1v) is 9.93. The average Bonchev–Trinajstić information content (AvgIpc) is 2.54. The van der Waals surface area contributed by atoms with Gasteiger partial charge in [0.2, 0.25) is 0 Å². The Labute approximate surface area is 129 Å². The lowest BCUT2D eigenvalue weighted by Gasteiger charge is -2.21. The van der Waals surface area contributed by atoms with Gasteiger partial charge in [0.05, 0.1) is 0 Å². The first-order chi connectivity index (χ1) is 9.93. The van der Waals surface area contributed by atoms with Crippen molar-refractivity contribution in [3.63, 3.8) is 0 Å². The molecule has 0 bridgehead atoms. The Balaban J connectivity index is 0.000000276. The highest BCUT2D eigenvalue weighted by Crippen LogP contribution is 2.28. The first-order valence-electron chi connectivity index (χ1n) is 9.93. The molecule has 2 aliphatic carbocycles. The van der Waals surface area contributed by atoms with E-state index in [2.05, 4.69) is 6.92 Å². The lowest BCUT2D eigenvalue weighted by molar-refractivity contribution is 0.328. The highest BCUT2D eigenvalue weighted by molar-refractivity contribution is 4.65.